The molecule has 0 amide bonds. The van der Waals surface area contributed by atoms with Gasteiger partial charge in [-0.05, 0) is 5.56 Å². The molecule has 0 aromatic heterocycles. The van der Waals surface area contributed by atoms with Crippen LogP contribution in [0.15, 0.2) is 30.3 Å². The molecule has 74 valence electrons. The van der Waals surface area contributed by atoms with Crippen LogP contribution in [-0.4, -0.2) is 30.0 Å². The highest BCUT2D eigenvalue weighted by molar-refractivity contribution is 5.21. The van der Waals surface area contributed by atoms with E-state index < -0.39 is 6.10 Å². The van der Waals surface area contributed by atoms with Gasteiger partial charge in [0.1, 0.15) is 24.4 Å². The third kappa shape index (κ3) is 1.25. The van der Waals surface area contributed by atoms with Crippen LogP contribution in [-0.2, 0) is 9.47 Å². The van der Waals surface area contributed by atoms with Crippen molar-refractivity contribution in [3.63, 3.8) is 0 Å². The van der Waals surface area contributed by atoms with Crippen molar-refractivity contribution in [3.05, 3.63) is 35.9 Å². The van der Waals surface area contributed by atoms with Crippen molar-refractivity contribution < 1.29 is 14.6 Å². The number of fused-ring (bicyclic) bond motifs is 1. The second-order valence-electron chi connectivity index (χ2n) is 3.79. The zero-order chi connectivity index (χ0) is 9.54. The normalized spacial score (nSPS) is 40.4. The molecule has 2 saturated heterocycles. The lowest BCUT2D eigenvalue weighted by molar-refractivity contribution is -0.0603. The number of benzene rings is 1. The Hall–Kier alpha value is -0.900. The zero-order valence-electron chi connectivity index (χ0n) is 7.67. The minimum absolute atomic E-state index is 0.00560. The minimum Gasteiger partial charge on any atom is -0.387 e. The van der Waals surface area contributed by atoms with Crippen LogP contribution in [0, 0.1) is 0 Å². The molecule has 0 bridgehead atoms. The molecule has 1 aromatic rings. The summed E-state index contributed by atoms with van der Waals surface area (Å²) in [5, 5.41) is 9.88. The Morgan fingerprint density at radius 3 is 2.79 bits per heavy atom. The number of rotatable bonds is 1. The Balaban J connectivity index is 1.84. The number of aliphatic hydroxyl groups excluding tert-OH is 1. The lowest BCUT2D eigenvalue weighted by Gasteiger charge is -2.25. The van der Waals surface area contributed by atoms with Crippen LogP contribution in [0.2, 0.25) is 0 Å². The molecule has 0 radical (unpaired) electrons. The van der Waals surface area contributed by atoms with E-state index in [1.54, 1.807) is 0 Å². The van der Waals surface area contributed by atoms with Crippen LogP contribution < -0.4 is 0 Å². The first kappa shape index (κ1) is 8.41. The lowest BCUT2D eigenvalue weighted by Crippen LogP contribution is -2.34. The summed E-state index contributed by atoms with van der Waals surface area (Å²) in [6.07, 6.45) is -0.616. The number of epoxide rings is 1. The van der Waals surface area contributed by atoms with Gasteiger partial charge >= 0.3 is 0 Å². The molecule has 2 aliphatic heterocycles. The average Bonchev–Trinajstić information content (AvgIpc) is 3.00. The molecular formula is C11H12O3. The lowest BCUT2D eigenvalue weighted by atomic mass is 9.99. The largest absolute Gasteiger partial charge is 0.387 e. The van der Waals surface area contributed by atoms with E-state index in [2.05, 4.69) is 0 Å². The van der Waals surface area contributed by atoms with Gasteiger partial charge in [-0.3, -0.25) is 0 Å². The Labute approximate surface area is 82.3 Å². The quantitative estimate of drug-likeness (QED) is 0.672. The van der Waals surface area contributed by atoms with Gasteiger partial charge < -0.3 is 14.6 Å². The van der Waals surface area contributed by atoms with Gasteiger partial charge in [-0.25, -0.2) is 0 Å². The van der Waals surface area contributed by atoms with E-state index in [0.29, 0.717) is 6.61 Å². The van der Waals surface area contributed by atoms with Crippen molar-refractivity contribution in [1.82, 2.24) is 0 Å². The second kappa shape index (κ2) is 3.05. The van der Waals surface area contributed by atoms with Gasteiger partial charge in [-0.15, -0.1) is 0 Å². The summed E-state index contributed by atoms with van der Waals surface area (Å²) in [5.41, 5.74) is 1.02. The first-order chi connectivity index (χ1) is 6.86. The molecular weight excluding hydrogens is 180 g/mol. The third-order valence-electron chi connectivity index (χ3n) is 2.84. The standard InChI is InChI=1S/C11H12O3/c12-9-10(7-4-2-1-3-5-7)13-6-8-11(9)14-8/h1-5,8-12H,6H2/t8-,9+,10-,11-/m1/s1. The highest BCUT2D eigenvalue weighted by Gasteiger charge is 2.52. The van der Waals surface area contributed by atoms with Crippen LogP contribution in [0.4, 0.5) is 0 Å². The molecule has 1 aromatic carbocycles. The SMILES string of the molecule is O[C@@H]1[C@@H]2O[C@@H]2CO[C@@H]1c1ccccc1. The molecule has 3 heteroatoms. The van der Waals surface area contributed by atoms with Gasteiger partial charge in [0.2, 0.25) is 0 Å². The second-order valence-corrected chi connectivity index (χ2v) is 3.79. The summed E-state index contributed by atoms with van der Waals surface area (Å²) in [4.78, 5) is 0. The maximum Gasteiger partial charge on any atom is 0.115 e. The summed E-state index contributed by atoms with van der Waals surface area (Å²) in [7, 11) is 0. The molecule has 3 rings (SSSR count). The number of ether oxygens (including phenoxy) is 2. The van der Waals surface area contributed by atoms with Crippen molar-refractivity contribution in [2.75, 3.05) is 6.61 Å². The molecule has 14 heavy (non-hydrogen) atoms. The number of hydrogen-bond acceptors (Lipinski definition) is 3. The van der Waals surface area contributed by atoms with Gasteiger partial charge in [0.05, 0.1) is 6.61 Å². The van der Waals surface area contributed by atoms with Crippen LogP contribution in [0.3, 0.4) is 0 Å². The van der Waals surface area contributed by atoms with Gasteiger partial charge in [-0.2, -0.15) is 0 Å². The molecule has 0 aliphatic carbocycles. The molecule has 3 nitrogen and oxygen atoms in total. The van der Waals surface area contributed by atoms with E-state index in [1.165, 1.54) is 0 Å². The van der Waals surface area contributed by atoms with Crippen molar-refractivity contribution in [2.45, 2.75) is 24.4 Å². The fourth-order valence-electron chi connectivity index (χ4n) is 2.00. The molecule has 2 fully saturated rings. The van der Waals surface area contributed by atoms with Crippen LogP contribution in [0.1, 0.15) is 11.7 Å². The smallest absolute Gasteiger partial charge is 0.115 e. The summed E-state index contributed by atoms with van der Waals surface area (Å²) < 4.78 is 10.8. The third-order valence-corrected chi connectivity index (χ3v) is 2.84. The van der Waals surface area contributed by atoms with Crippen molar-refractivity contribution in [3.8, 4) is 0 Å². The predicted molar refractivity (Wildman–Crippen MR) is 49.8 cm³/mol. The summed E-state index contributed by atoms with van der Waals surface area (Å²) in [6, 6.07) is 9.79. The number of hydrogen-bond donors (Lipinski definition) is 1. The monoisotopic (exact) mass is 192 g/mol. The van der Waals surface area contributed by atoms with E-state index in [4.69, 9.17) is 9.47 Å². The first-order valence-corrected chi connectivity index (χ1v) is 4.86. The highest BCUT2D eigenvalue weighted by Crippen LogP contribution is 2.39. The van der Waals surface area contributed by atoms with E-state index >= 15 is 0 Å². The average molecular weight is 192 g/mol. The maximum atomic E-state index is 9.88. The van der Waals surface area contributed by atoms with E-state index in [-0.39, 0.29) is 18.3 Å². The molecule has 2 aliphatic rings. The van der Waals surface area contributed by atoms with Crippen LogP contribution >= 0.6 is 0 Å². The zero-order valence-corrected chi connectivity index (χ0v) is 7.67. The molecule has 1 N–H and O–H groups in total. The predicted octanol–water partition coefficient (Wildman–Crippen LogP) is 0.886. The summed E-state index contributed by atoms with van der Waals surface area (Å²) in [6.45, 7) is 0.598. The fourth-order valence-corrected chi connectivity index (χ4v) is 2.00. The first-order valence-electron chi connectivity index (χ1n) is 4.86. The van der Waals surface area contributed by atoms with Crippen LogP contribution in [0.25, 0.3) is 0 Å². The summed E-state index contributed by atoms with van der Waals surface area (Å²) in [5.74, 6) is 0. The van der Waals surface area contributed by atoms with E-state index in [9.17, 15) is 5.11 Å². The van der Waals surface area contributed by atoms with E-state index in [1.807, 2.05) is 30.3 Å². The van der Waals surface area contributed by atoms with Gasteiger partial charge in [0.15, 0.2) is 0 Å². The molecule has 2 heterocycles. The van der Waals surface area contributed by atoms with E-state index in [0.717, 1.165) is 5.56 Å². The minimum atomic E-state index is -0.517. The molecule has 4 atom stereocenters. The van der Waals surface area contributed by atoms with Crippen molar-refractivity contribution in [1.29, 1.82) is 0 Å². The Kier molecular flexibility index (Phi) is 1.83. The molecule has 0 saturated carbocycles. The highest BCUT2D eigenvalue weighted by atomic mass is 16.6. The number of aliphatic hydroxyl groups is 1. The van der Waals surface area contributed by atoms with Crippen LogP contribution in [0.5, 0.6) is 0 Å². The topological polar surface area (TPSA) is 42.0 Å². The Morgan fingerprint density at radius 2 is 2.00 bits per heavy atom. The molecule has 0 spiro atoms. The molecule has 0 unspecified atom stereocenters. The Morgan fingerprint density at radius 1 is 1.21 bits per heavy atom. The van der Waals surface area contributed by atoms with Gasteiger partial charge in [0.25, 0.3) is 0 Å². The van der Waals surface area contributed by atoms with Crippen molar-refractivity contribution >= 4 is 0 Å². The Bertz CT molecular complexity index is 325. The van der Waals surface area contributed by atoms with Gasteiger partial charge in [0, 0.05) is 0 Å². The summed E-state index contributed by atoms with van der Waals surface area (Å²) >= 11 is 0. The maximum absolute atomic E-state index is 9.88. The fraction of sp³-hybridized carbons (Fsp3) is 0.455. The van der Waals surface area contributed by atoms with Crippen molar-refractivity contribution in [2.24, 2.45) is 0 Å². The van der Waals surface area contributed by atoms with Gasteiger partial charge in [-0.1, -0.05) is 30.3 Å².